The molecule has 2 rings (SSSR count). The molecule has 0 aliphatic heterocycles. The molecule has 0 spiro atoms. The van der Waals surface area contributed by atoms with Gasteiger partial charge in [0.25, 0.3) is 0 Å². The number of pyridine rings is 1. The molecule has 94 valence electrons. The maximum atomic E-state index is 13.5. The Morgan fingerprint density at radius 2 is 2.00 bits per heavy atom. The van der Waals surface area contributed by atoms with Gasteiger partial charge >= 0.3 is 0 Å². The summed E-state index contributed by atoms with van der Waals surface area (Å²) < 4.78 is 27.3. The molecule has 2 nitrogen and oxygen atoms in total. The highest BCUT2D eigenvalue weighted by Crippen LogP contribution is 2.20. The maximum Gasteiger partial charge on any atom is 0.126 e. The monoisotopic (exact) mass is 312 g/mol. The fourth-order valence-electron chi connectivity index (χ4n) is 1.69. The summed E-state index contributed by atoms with van der Waals surface area (Å²) in [5.74, 6) is -0.916. The predicted molar refractivity (Wildman–Crippen MR) is 68.9 cm³/mol. The lowest BCUT2D eigenvalue weighted by Crippen LogP contribution is -2.14. The Balaban J connectivity index is 2.21. The lowest BCUT2D eigenvalue weighted by molar-refractivity contribution is 0.572. The third-order valence-corrected chi connectivity index (χ3v) is 3.04. The normalized spacial score (nSPS) is 12.4. The van der Waals surface area contributed by atoms with Crippen molar-refractivity contribution in [1.82, 2.24) is 4.98 Å². The van der Waals surface area contributed by atoms with Gasteiger partial charge in [-0.15, -0.1) is 0 Å². The Morgan fingerprint density at radius 1 is 1.22 bits per heavy atom. The lowest BCUT2D eigenvalue weighted by Gasteiger charge is -2.12. The first-order valence-corrected chi connectivity index (χ1v) is 6.15. The number of nitrogens with two attached hydrogens (primary N) is 1. The standard InChI is InChI=1S/C13H11BrF2N2/c14-10-3-9(6-18-7-10)13(17)5-8-4-11(15)1-2-12(8)16/h1-4,6-7,13H,5,17H2. The van der Waals surface area contributed by atoms with Gasteiger partial charge in [0.05, 0.1) is 0 Å². The van der Waals surface area contributed by atoms with E-state index in [0.717, 1.165) is 22.2 Å². The average Bonchev–Trinajstić information content (AvgIpc) is 2.34. The number of hydrogen-bond acceptors (Lipinski definition) is 2. The zero-order valence-corrected chi connectivity index (χ0v) is 11.0. The molecular formula is C13H11BrF2N2. The van der Waals surface area contributed by atoms with Crippen molar-refractivity contribution in [2.24, 2.45) is 5.73 Å². The molecule has 0 aliphatic rings. The van der Waals surface area contributed by atoms with E-state index in [1.807, 2.05) is 6.07 Å². The number of aromatic nitrogens is 1. The topological polar surface area (TPSA) is 38.9 Å². The molecule has 1 aromatic heterocycles. The van der Waals surface area contributed by atoms with E-state index in [1.54, 1.807) is 12.4 Å². The van der Waals surface area contributed by atoms with Crippen molar-refractivity contribution >= 4 is 15.9 Å². The summed E-state index contributed by atoms with van der Waals surface area (Å²) in [4.78, 5) is 3.99. The minimum absolute atomic E-state index is 0.224. The van der Waals surface area contributed by atoms with Gasteiger partial charge in [-0.1, -0.05) is 0 Å². The Bertz CT molecular complexity index is 560. The van der Waals surface area contributed by atoms with Crippen LogP contribution in [-0.4, -0.2) is 4.98 Å². The molecule has 0 aliphatic carbocycles. The SMILES string of the molecule is NC(Cc1cc(F)ccc1F)c1cncc(Br)c1. The first kappa shape index (κ1) is 13.1. The molecule has 2 aromatic rings. The van der Waals surface area contributed by atoms with Gasteiger partial charge in [-0.2, -0.15) is 0 Å². The Morgan fingerprint density at radius 3 is 2.72 bits per heavy atom. The summed E-state index contributed by atoms with van der Waals surface area (Å²) in [5.41, 5.74) is 7.00. The second-order valence-electron chi connectivity index (χ2n) is 3.98. The molecule has 1 atom stereocenters. The molecule has 0 radical (unpaired) electrons. The van der Waals surface area contributed by atoms with Crippen molar-refractivity contribution in [1.29, 1.82) is 0 Å². The van der Waals surface area contributed by atoms with Crippen molar-refractivity contribution in [2.75, 3.05) is 0 Å². The van der Waals surface area contributed by atoms with Crippen molar-refractivity contribution in [3.63, 3.8) is 0 Å². The predicted octanol–water partition coefficient (Wildman–Crippen LogP) is 3.36. The van der Waals surface area contributed by atoms with Gasteiger partial charge in [-0.05, 0) is 57.7 Å². The number of rotatable bonds is 3. The van der Waals surface area contributed by atoms with E-state index in [0.29, 0.717) is 0 Å². The molecule has 0 saturated heterocycles. The van der Waals surface area contributed by atoms with Crippen LogP contribution in [0.15, 0.2) is 41.1 Å². The van der Waals surface area contributed by atoms with Crippen LogP contribution in [0.4, 0.5) is 8.78 Å². The molecule has 0 saturated carbocycles. The first-order chi connectivity index (χ1) is 8.56. The number of benzene rings is 1. The van der Waals surface area contributed by atoms with Crippen LogP contribution in [0.1, 0.15) is 17.2 Å². The van der Waals surface area contributed by atoms with Crippen molar-refractivity contribution in [3.8, 4) is 0 Å². The summed E-state index contributed by atoms with van der Waals surface area (Å²) in [7, 11) is 0. The highest BCUT2D eigenvalue weighted by molar-refractivity contribution is 9.10. The van der Waals surface area contributed by atoms with Crippen LogP contribution >= 0.6 is 15.9 Å². The van der Waals surface area contributed by atoms with E-state index in [4.69, 9.17) is 5.73 Å². The second kappa shape index (κ2) is 5.54. The minimum Gasteiger partial charge on any atom is -0.324 e. The van der Waals surface area contributed by atoms with Gasteiger partial charge in [0.15, 0.2) is 0 Å². The Hall–Kier alpha value is -1.33. The molecule has 1 unspecified atom stereocenters. The highest BCUT2D eigenvalue weighted by Gasteiger charge is 2.12. The van der Waals surface area contributed by atoms with Crippen LogP contribution < -0.4 is 5.73 Å². The summed E-state index contributed by atoms with van der Waals surface area (Å²) in [5, 5.41) is 0. The Labute approximate surface area is 112 Å². The molecule has 0 bridgehead atoms. The summed E-state index contributed by atoms with van der Waals surface area (Å²) >= 11 is 3.29. The number of hydrogen-bond donors (Lipinski definition) is 1. The number of halogens is 3. The van der Waals surface area contributed by atoms with Crippen LogP contribution in [0.5, 0.6) is 0 Å². The van der Waals surface area contributed by atoms with Gasteiger partial charge in [0, 0.05) is 22.9 Å². The van der Waals surface area contributed by atoms with Gasteiger partial charge < -0.3 is 5.73 Å². The first-order valence-electron chi connectivity index (χ1n) is 5.36. The van der Waals surface area contributed by atoms with Gasteiger partial charge in [0.2, 0.25) is 0 Å². The third kappa shape index (κ3) is 3.11. The van der Waals surface area contributed by atoms with E-state index in [1.165, 1.54) is 6.07 Å². The van der Waals surface area contributed by atoms with Gasteiger partial charge in [0.1, 0.15) is 11.6 Å². The minimum atomic E-state index is -0.467. The van der Waals surface area contributed by atoms with Crippen molar-refractivity contribution < 1.29 is 8.78 Å². The van der Waals surface area contributed by atoms with Crippen LogP contribution in [0.2, 0.25) is 0 Å². The van der Waals surface area contributed by atoms with Gasteiger partial charge in [-0.3, -0.25) is 4.98 Å². The molecule has 2 N–H and O–H groups in total. The van der Waals surface area contributed by atoms with Crippen LogP contribution in [0.3, 0.4) is 0 Å². The van der Waals surface area contributed by atoms with E-state index < -0.39 is 17.7 Å². The van der Waals surface area contributed by atoms with Crippen molar-refractivity contribution in [3.05, 3.63) is 63.9 Å². The quantitative estimate of drug-likeness (QED) is 0.943. The fraction of sp³-hybridized carbons (Fsp3) is 0.154. The van der Waals surface area contributed by atoms with Crippen molar-refractivity contribution in [2.45, 2.75) is 12.5 Å². The van der Waals surface area contributed by atoms with E-state index in [-0.39, 0.29) is 12.0 Å². The maximum absolute atomic E-state index is 13.5. The largest absolute Gasteiger partial charge is 0.324 e. The molecule has 0 amide bonds. The lowest BCUT2D eigenvalue weighted by atomic mass is 10.0. The molecule has 1 heterocycles. The summed E-state index contributed by atoms with van der Waals surface area (Å²) in [6.07, 6.45) is 3.48. The van der Waals surface area contributed by atoms with Gasteiger partial charge in [-0.25, -0.2) is 8.78 Å². The van der Waals surface area contributed by atoms with E-state index in [9.17, 15) is 8.78 Å². The molecule has 18 heavy (non-hydrogen) atoms. The average molecular weight is 313 g/mol. The molecule has 5 heteroatoms. The zero-order chi connectivity index (χ0) is 13.1. The fourth-order valence-corrected chi connectivity index (χ4v) is 2.07. The van der Waals surface area contributed by atoms with Crippen LogP contribution in [0, 0.1) is 11.6 Å². The summed E-state index contributed by atoms with van der Waals surface area (Å²) in [6, 6.07) is 4.75. The second-order valence-corrected chi connectivity index (χ2v) is 4.90. The smallest absolute Gasteiger partial charge is 0.126 e. The molecule has 0 fully saturated rings. The molecule has 1 aromatic carbocycles. The zero-order valence-electron chi connectivity index (χ0n) is 9.41. The summed E-state index contributed by atoms with van der Waals surface area (Å²) in [6.45, 7) is 0. The third-order valence-electron chi connectivity index (χ3n) is 2.60. The van der Waals surface area contributed by atoms with E-state index in [2.05, 4.69) is 20.9 Å². The molecular weight excluding hydrogens is 302 g/mol. The Kier molecular flexibility index (Phi) is 4.04. The van der Waals surface area contributed by atoms with Crippen LogP contribution in [-0.2, 0) is 6.42 Å². The highest BCUT2D eigenvalue weighted by atomic mass is 79.9. The van der Waals surface area contributed by atoms with Crippen LogP contribution in [0.25, 0.3) is 0 Å². The number of nitrogens with zero attached hydrogens (tertiary/aromatic N) is 1. The van der Waals surface area contributed by atoms with E-state index >= 15 is 0 Å².